The van der Waals surface area contributed by atoms with Gasteiger partial charge >= 0.3 is 0 Å². The number of benzene rings is 2. The smallest absolute Gasteiger partial charge is 0.225 e. The quantitative estimate of drug-likeness (QED) is 0.343. The number of anilines is 1. The van der Waals surface area contributed by atoms with Crippen molar-refractivity contribution in [3.63, 3.8) is 0 Å². The first-order valence-corrected chi connectivity index (χ1v) is 14.1. The van der Waals surface area contributed by atoms with E-state index in [0.717, 1.165) is 61.1 Å². The molecule has 2 heterocycles. The van der Waals surface area contributed by atoms with Gasteiger partial charge in [-0.05, 0) is 29.7 Å². The van der Waals surface area contributed by atoms with Crippen molar-refractivity contribution in [1.29, 1.82) is 0 Å². The average molecular weight is 536 g/mol. The van der Waals surface area contributed by atoms with Crippen molar-refractivity contribution in [2.75, 3.05) is 38.0 Å². The maximum atomic E-state index is 12.8. The molecule has 2 amide bonds. The molecular weight excluding hydrogens is 498 g/mol. The standard InChI is InChI=1S/C29H37N5O3S/c1-3-21(2)28(37)34-14-12-33(13-15-34)19-24-20-38-29(31-24)30-18-26(23-10-7-11-25(35)17-23)32-27(36)16-22-8-5-4-6-9-22/h4-11,17,20-21,26,35H,3,12-16,18-19H2,1-2H3,(H,30,31)(H,32,36)/t21?,26-/m1/s1. The lowest BCUT2D eigenvalue weighted by Gasteiger charge is -2.35. The Morgan fingerprint density at radius 3 is 2.55 bits per heavy atom. The first-order chi connectivity index (χ1) is 18.4. The van der Waals surface area contributed by atoms with Crippen LogP contribution in [0.25, 0.3) is 0 Å². The van der Waals surface area contributed by atoms with E-state index in [4.69, 9.17) is 4.98 Å². The third-order valence-corrected chi connectivity index (χ3v) is 7.78. The van der Waals surface area contributed by atoms with Gasteiger partial charge in [0.2, 0.25) is 11.8 Å². The summed E-state index contributed by atoms with van der Waals surface area (Å²) >= 11 is 1.54. The number of rotatable bonds is 11. The molecule has 0 aliphatic carbocycles. The van der Waals surface area contributed by atoms with Gasteiger partial charge in [-0.25, -0.2) is 4.98 Å². The van der Waals surface area contributed by atoms with E-state index >= 15 is 0 Å². The van der Waals surface area contributed by atoms with Crippen LogP contribution in [0.15, 0.2) is 60.0 Å². The summed E-state index contributed by atoms with van der Waals surface area (Å²) in [5.41, 5.74) is 2.75. The third kappa shape index (κ3) is 7.79. The highest BCUT2D eigenvalue weighted by Crippen LogP contribution is 2.22. The molecule has 2 atom stereocenters. The molecule has 3 aromatic rings. The predicted octanol–water partition coefficient (Wildman–Crippen LogP) is 4.05. The Morgan fingerprint density at radius 1 is 1.08 bits per heavy atom. The first kappa shape index (κ1) is 27.6. The number of hydrogen-bond donors (Lipinski definition) is 3. The van der Waals surface area contributed by atoms with Gasteiger partial charge in [-0.3, -0.25) is 14.5 Å². The Morgan fingerprint density at radius 2 is 1.84 bits per heavy atom. The number of phenolic OH excluding ortho intramolecular Hbond substituents is 1. The van der Waals surface area contributed by atoms with Crippen LogP contribution in [0.2, 0.25) is 0 Å². The third-order valence-electron chi connectivity index (χ3n) is 6.93. The molecule has 1 aliphatic rings. The molecular formula is C29H37N5O3S. The van der Waals surface area contributed by atoms with E-state index in [0.29, 0.717) is 6.54 Å². The van der Waals surface area contributed by atoms with Crippen LogP contribution in [-0.2, 0) is 22.6 Å². The minimum Gasteiger partial charge on any atom is -0.508 e. The number of nitrogens with zero attached hydrogens (tertiary/aromatic N) is 3. The predicted molar refractivity (Wildman–Crippen MR) is 151 cm³/mol. The van der Waals surface area contributed by atoms with E-state index in [-0.39, 0.29) is 35.9 Å². The summed E-state index contributed by atoms with van der Waals surface area (Å²) < 4.78 is 0. The Kier molecular flexibility index (Phi) is 9.73. The van der Waals surface area contributed by atoms with Crippen LogP contribution >= 0.6 is 11.3 Å². The fourth-order valence-corrected chi connectivity index (χ4v) is 5.22. The number of carbonyl (C=O) groups is 2. The minimum absolute atomic E-state index is 0.0838. The van der Waals surface area contributed by atoms with Gasteiger partial charge in [0.1, 0.15) is 5.75 Å². The van der Waals surface area contributed by atoms with Crippen LogP contribution in [0.3, 0.4) is 0 Å². The molecule has 0 radical (unpaired) electrons. The van der Waals surface area contributed by atoms with Gasteiger partial charge in [0.15, 0.2) is 5.13 Å². The monoisotopic (exact) mass is 535 g/mol. The fraction of sp³-hybridized carbons (Fsp3) is 0.414. The summed E-state index contributed by atoms with van der Waals surface area (Å²) in [6, 6.07) is 16.3. The summed E-state index contributed by atoms with van der Waals surface area (Å²) in [6.45, 7) is 8.43. The number of aromatic nitrogens is 1. The van der Waals surface area contributed by atoms with Crippen LogP contribution in [-0.4, -0.2) is 64.4 Å². The Hall–Kier alpha value is -3.43. The topological polar surface area (TPSA) is 97.8 Å². The van der Waals surface area contributed by atoms with E-state index in [2.05, 4.69) is 27.8 Å². The van der Waals surface area contributed by atoms with Crippen molar-refractivity contribution in [1.82, 2.24) is 20.1 Å². The number of piperazine rings is 1. The molecule has 4 rings (SSSR count). The molecule has 202 valence electrons. The van der Waals surface area contributed by atoms with E-state index in [9.17, 15) is 14.7 Å². The van der Waals surface area contributed by atoms with Crippen LogP contribution in [0, 0.1) is 5.92 Å². The van der Waals surface area contributed by atoms with Crippen molar-refractivity contribution in [2.45, 2.75) is 39.3 Å². The van der Waals surface area contributed by atoms with Gasteiger partial charge in [-0.1, -0.05) is 56.3 Å². The van der Waals surface area contributed by atoms with Crippen molar-refractivity contribution in [2.24, 2.45) is 5.92 Å². The molecule has 1 aromatic heterocycles. The molecule has 0 saturated carbocycles. The van der Waals surface area contributed by atoms with Gasteiger partial charge in [-0.15, -0.1) is 11.3 Å². The van der Waals surface area contributed by atoms with Crippen molar-refractivity contribution in [3.05, 3.63) is 76.8 Å². The van der Waals surface area contributed by atoms with E-state index in [1.165, 1.54) is 11.3 Å². The zero-order valence-electron chi connectivity index (χ0n) is 22.1. The first-order valence-electron chi connectivity index (χ1n) is 13.2. The van der Waals surface area contributed by atoms with E-state index in [1.54, 1.807) is 18.2 Å². The van der Waals surface area contributed by atoms with Crippen molar-refractivity contribution >= 4 is 28.3 Å². The molecule has 8 nitrogen and oxygen atoms in total. The fourth-order valence-electron chi connectivity index (χ4n) is 4.51. The number of hydrogen-bond acceptors (Lipinski definition) is 7. The maximum absolute atomic E-state index is 12.8. The molecule has 1 aliphatic heterocycles. The van der Waals surface area contributed by atoms with Gasteiger partial charge < -0.3 is 20.6 Å². The van der Waals surface area contributed by atoms with Gasteiger partial charge in [0.05, 0.1) is 18.2 Å². The normalized spacial score (nSPS) is 15.6. The molecule has 2 aromatic carbocycles. The Labute approximate surface area is 228 Å². The minimum atomic E-state index is -0.332. The van der Waals surface area contributed by atoms with Crippen LogP contribution < -0.4 is 10.6 Å². The number of aromatic hydroxyl groups is 1. The van der Waals surface area contributed by atoms with Crippen molar-refractivity contribution in [3.8, 4) is 5.75 Å². The van der Waals surface area contributed by atoms with Crippen LogP contribution in [0.4, 0.5) is 5.13 Å². The number of amides is 2. The second-order valence-corrected chi connectivity index (χ2v) is 10.7. The highest BCUT2D eigenvalue weighted by Gasteiger charge is 2.24. The highest BCUT2D eigenvalue weighted by atomic mass is 32.1. The zero-order chi connectivity index (χ0) is 26.9. The largest absolute Gasteiger partial charge is 0.508 e. The summed E-state index contributed by atoms with van der Waals surface area (Å²) in [6.07, 6.45) is 1.16. The highest BCUT2D eigenvalue weighted by molar-refractivity contribution is 7.13. The summed E-state index contributed by atoms with van der Waals surface area (Å²) in [5.74, 6) is 0.411. The lowest BCUT2D eigenvalue weighted by molar-refractivity contribution is -0.136. The second-order valence-electron chi connectivity index (χ2n) is 9.81. The average Bonchev–Trinajstić information content (AvgIpc) is 3.38. The zero-order valence-corrected chi connectivity index (χ0v) is 22.9. The summed E-state index contributed by atoms with van der Waals surface area (Å²) in [4.78, 5) is 34.3. The van der Waals surface area contributed by atoms with Crippen LogP contribution in [0.5, 0.6) is 5.75 Å². The molecule has 0 bridgehead atoms. The Balaban J connectivity index is 1.32. The summed E-state index contributed by atoms with van der Waals surface area (Å²) in [7, 11) is 0. The van der Waals surface area contributed by atoms with Crippen molar-refractivity contribution < 1.29 is 14.7 Å². The maximum Gasteiger partial charge on any atom is 0.225 e. The molecule has 3 N–H and O–H groups in total. The molecule has 1 fully saturated rings. The number of nitrogens with one attached hydrogen (secondary N) is 2. The van der Waals surface area contributed by atoms with E-state index in [1.807, 2.05) is 48.2 Å². The number of carbonyl (C=O) groups excluding carboxylic acids is 2. The molecule has 1 unspecified atom stereocenters. The lowest BCUT2D eigenvalue weighted by atomic mass is 10.1. The second kappa shape index (κ2) is 13.4. The molecule has 38 heavy (non-hydrogen) atoms. The van der Waals surface area contributed by atoms with Gasteiger partial charge in [0, 0.05) is 50.6 Å². The SMILES string of the molecule is CCC(C)C(=O)N1CCN(Cc2csc(NC[C@@H](NC(=O)Cc3ccccc3)c3cccc(O)c3)n2)CC1. The van der Waals surface area contributed by atoms with Crippen LogP contribution in [0.1, 0.15) is 43.1 Å². The van der Waals surface area contributed by atoms with E-state index < -0.39 is 0 Å². The molecule has 0 spiro atoms. The lowest BCUT2D eigenvalue weighted by Crippen LogP contribution is -2.49. The molecule has 1 saturated heterocycles. The van der Waals surface area contributed by atoms with Gasteiger partial charge in [0.25, 0.3) is 0 Å². The number of thiazole rings is 1. The Bertz CT molecular complexity index is 1190. The molecule has 9 heteroatoms. The summed E-state index contributed by atoms with van der Waals surface area (Å²) in [5, 5.41) is 19.3. The number of phenols is 1. The van der Waals surface area contributed by atoms with Gasteiger partial charge in [-0.2, -0.15) is 0 Å².